The molecule has 1 fully saturated rings. The third-order valence-electron chi connectivity index (χ3n) is 5.75. The van der Waals surface area contributed by atoms with Crippen LogP contribution in [0.15, 0.2) is 87.8 Å². The lowest BCUT2D eigenvalue weighted by atomic mass is 9.91. The van der Waals surface area contributed by atoms with Gasteiger partial charge in [-0.2, -0.15) is 0 Å². The van der Waals surface area contributed by atoms with Crippen LogP contribution in [0.3, 0.4) is 0 Å². The van der Waals surface area contributed by atoms with E-state index in [0.29, 0.717) is 18.8 Å². The van der Waals surface area contributed by atoms with Crippen LogP contribution in [-0.2, 0) is 6.54 Å². The summed E-state index contributed by atoms with van der Waals surface area (Å²) in [4.78, 5) is 22.4. The first kappa shape index (κ1) is 29.8. The first-order valence-electron chi connectivity index (χ1n) is 12.3. The summed E-state index contributed by atoms with van der Waals surface area (Å²) in [6, 6.07) is 10.4. The summed E-state index contributed by atoms with van der Waals surface area (Å²) in [6.07, 6.45) is 9.42. The number of aromatic hydroxyl groups is 1. The third-order valence-corrected chi connectivity index (χ3v) is 6.74. The Kier molecular flexibility index (Phi) is 12.6. The van der Waals surface area contributed by atoms with E-state index in [1.807, 2.05) is 44.0 Å². The third kappa shape index (κ3) is 11.0. The van der Waals surface area contributed by atoms with Gasteiger partial charge in [0.2, 0.25) is 0 Å². The van der Waals surface area contributed by atoms with Crippen LogP contribution < -0.4 is 10.6 Å². The molecule has 0 aliphatic carbocycles. The van der Waals surface area contributed by atoms with Gasteiger partial charge < -0.3 is 20.6 Å². The van der Waals surface area contributed by atoms with Crippen molar-refractivity contribution >= 4 is 33.9 Å². The fourth-order valence-electron chi connectivity index (χ4n) is 3.68. The molecule has 0 spiro atoms. The van der Waals surface area contributed by atoms with E-state index in [4.69, 9.17) is 0 Å². The van der Waals surface area contributed by atoms with Gasteiger partial charge in [0.15, 0.2) is 0 Å². The Labute approximate surface area is 229 Å². The van der Waals surface area contributed by atoms with Gasteiger partial charge in [-0.15, -0.1) is 0 Å². The summed E-state index contributed by atoms with van der Waals surface area (Å²) >= 11 is 3.33. The summed E-state index contributed by atoms with van der Waals surface area (Å²) in [6.45, 7) is 12.4. The lowest BCUT2D eigenvalue weighted by Gasteiger charge is -2.33. The Hall–Kier alpha value is -3.39. The van der Waals surface area contributed by atoms with Crippen LogP contribution in [0.5, 0.6) is 5.75 Å². The molecule has 198 valence electrons. The van der Waals surface area contributed by atoms with E-state index in [1.165, 1.54) is 11.6 Å². The maximum atomic E-state index is 12.6. The van der Waals surface area contributed by atoms with Crippen molar-refractivity contribution in [1.82, 2.24) is 15.2 Å². The lowest BCUT2D eigenvalue weighted by molar-refractivity contribution is 0.186. The molecule has 3 rings (SSSR count). The number of anilines is 1. The molecule has 8 heteroatoms. The molecule has 0 saturated carbocycles. The maximum Gasteiger partial charge on any atom is 0.321 e. The Morgan fingerprint density at radius 1 is 1.30 bits per heavy atom. The molecule has 7 nitrogen and oxygen atoms in total. The van der Waals surface area contributed by atoms with E-state index >= 15 is 0 Å². The summed E-state index contributed by atoms with van der Waals surface area (Å²) < 4.78 is 1.07. The van der Waals surface area contributed by atoms with E-state index in [0.717, 1.165) is 40.7 Å². The van der Waals surface area contributed by atoms with E-state index in [1.54, 1.807) is 37.7 Å². The maximum absolute atomic E-state index is 12.6. The minimum absolute atomic E-state index is 0.132. The molecule has 2 heterocycles. The number of benzene rings is 1. The quantitative estimate of drug-likeness (QED) is 0.258. The van der Waals surface area contributed by atoms with Crippen molar-refractivity contribution in [1.29, 1.82) is 0 Å². The van der Waals surface area contributed by atoms with Crippen molar-refractivity contribution in [2.45, 2.75) is 40.2 Å². The number of likely N-dealkylation sites (tertiary alicyclic amines) is 1. The highest BCUT2D eigenvalue weighted by Crippen LogP contribution is 2.25. The number of piperidine rings is 1. The minimum Gasteiger partial charge on any atom is -0.508 e. The Bertz CT molecular complexity index is 1120. The molecule has 1 aromatic heterocycles. The van der Waals surface area contributed by atoms with Crippen molar-refractivity contribution in [2.75, 3.05) is 25.5 Å². The Morgan fingerprint density at radius 3 is 2.70 bits per heavy atom. The van der Waals surface area contributed by atoms with Gasteiger partial charge >= 0.3 is 6.03 Å². The van der Waals surface area contributed by atoms with Crippen molar-refractivity contribution in [3.05, 3.63) is 88.3 Å². The zero-order valence-corrected chi connectivity index (χ0v) is 23.8. The van der Waals surface area contributed by atoms with Gasteiger partial charge in [-0.3, -0.25) is 9.98 Å². The van der Waals surface area contributed by atoms with Crippen molar-refractivity contribution in [3.63, 3.8) is 0 Å². The molecule has 1 aliphatic heterocycles. The standard InChI is InChI=1S/C23H28N4O2.C6H10BrN/c1-17(12-18(2)25-15-19-6-4-10-24-14-19)20-7-5-11-27(16-20)23(29)26-21-8-3-9-22(28)13-21;1-5(2)6(7)4-8-3/h3-4,6,8-10,12-14,20,25,28H,1,5,7,11,15-16H2,2H3,(H,26,29);4H,1-3H3/b18-12+;. The number of nitrogens with one attached hydrogen (secondary N) is 2. The van der Waals surface area contributed by atoms with Gasteiger partial charge in [0.25, 0.3) is 0 Å². The molecule has 2 amide bonds. The molecule has 1 aromatic carbocycles. The van der Waals surface area contributed by atoms with Crippen LogP contribution in [0.4, 0.5) is 10.5 Å². The van der Waals surface area contributed by atoms with E-state index in [2.05, 4.69) is 49.2 Å². The Balaban J connectivity index is 0.000000521. The zero-order chi connectivity index (χ0) is 27.2. The molecule has 0 radical (unpaired) electrons. The second-order valence-electron chi connectivity index (χ2n) is 9.12. The average Bonchev–Trinajstić information content (AvgIpc) is 2.88. The molecule has 1 atom stereocenters. The van der Waals surface area contributed by atoms with Crippen LogP contribution in [0.1, 0.15) is 39.2 Å². The number of pyridine rings is 1. The fourth-order valence-corrected chi connectivity index (χ4v) is 3.89. The molecular formula is C29H38BrN5O2. The number of nitrogens with zero attached hydrogens (tertiary/aromatic N) is 3. The monoisotopic (exact) mass is 567 g/mol. The number of urea groups is 1. The molecular weight excluding hydrogens is 530 g/mol. The predicted octanol–water partition coefficient (Wildman–Crippen LogP) is 6.66. The van der Waals surface area contributed by atoms with Gasteiger partial charge in [-0.25, -0.2) is 4.79 Å². The number of rotatable bonds is 7. The summed E-state index contributed by atoms with van der Waals surface area (Å²) in [7, 11) is 1.75. The predicted molar refractivity (Wildman–Crippen MR) is 157 cm³/mol. The van der Waals surface area contributed by atoms with Crippen molar-refractivity contribution < 1.29 is 9.90 Å². The van der Waals surface area contributed by atoms with Crippen LogP contribution in [0.25, 0.3) is 0 Å². The second kappa shape index (κ2) is 15.7. The Morgan fingerprint density at radius 2 is 2.08 bits per heavy atom. The molecule has 37 heavy (non-hydrogen) atoms. The first-order chi connectivity index (χ1) is 17.7. The average molecular weight is 569 g/mol. The number of carbonyl (C=O) groups excluding carboxylic acids is 1. The molecule has 2 aromatic rings. The zero-order valence-electron chi connectivity index (χ0n) is 22.2. The van der Waals surface area contributed by atoms with E-state index in [-0.39, 0.29) is 17.7 Å². The summed E-state index contributed by atoms with van der Waals surface area (Å²) in [5, 5.41) is 15.8. The number of phenolic OH excluding ortho intramolecular Hbond substituents is 1. The highest BCUT2D eigenvalue weighted by atomic mass is 79.9. The van der Waals surface area contributed by atoms with Gasteiger partial charge in [-0.05, 0) is 85.0 Å². The number of amides is 2. The molecule has 1 unspecified atom stereocenters. The number of halogens is 1. The summed E-state index contributed by atoms with van der Waals surface area (Å²) in [5.74, 6) is 0.362. The first-order valence-corrected chi connectivity index (χ1v) is 13.1. The fraction of sp³-hybridized carbons (Fsp3) is 0.345. The van der Waals surface area contributed by atoms with Crippen LogP contribution in [0.2, 0.25) is 0 Å². The number of carbonyl (C=O) groups is 1. The SMILES string of the molecule is C=C(/C=C(\C)NCc1cccnc1)C1CCCN(C(=O)Nc2cccc(O)c2)C1.CN=CC(Br)=C(C)C. The highest BCUT2D eigenvalue weighted by molar-refractivity contribution is 9.12. The number of hydrogen-bond donors (Lipinski definition) is 3. The molecule has 1 saturated heterocycles. The van der Waals surface area contributed by atoms with E-state index < -0.39 is 0 Å². The number of phenols is 1. The molecule has 1 aliphatic rings. The van der Waals surface area contributed by atoms with E-state index in [9.17, 15) is 9.90 Å². The number of hydrogen-bond acceptors (Lipinski definition) is 5. The number of aromatic nitrogens is 1. The van der Waals surface area contributed by atoms with Gasteiger partial charge in [-0.1, -0.05) is 24.3 Å². The van der Waals surface area contributed by atoms with Crippen LogP contribution in [0, 0.1) is 5.92 Å². The summed E-state index contributed by atoms with van der Waals surface area (Å²) in [5.41, 5.74) is 5.02. The number of aliphatic imine (C=N–C) groups is 1. The number of allylic oxidation sites excluding steroid dienone is 4. The largest absolute Gasteiger partial charge is 0.508 e. The normalized spacial score (nSPS) is 15.4. The van der Waals surface area contributed by atoms with Crippen molar-refractivity contribution in [2.24, 2.45) is 10.9 Å². The molecule has 0 bridgehead atoms. The van der Waals surface area contributed by atoms with Crippen LogP contribution >= 0.6 is 15.9 Å². The van der Waals surface area contributed by atoms with Gasteiger partial charge in [0.05, 0.1) is 0 Å². The topological polar surface area (TPSA) is 89.9 Å². The molecule has 3 N–H and O–H groups in total. The second-order valence-corrected chi connectivity index (χ2v) is 9.97. The van der Waals surface area contributed by atoms with Gasteiger partial charge in [0.1, 0.15) is 5.75 Å². The highest BCUT2D eigenvalue weighted by Gasteiger charge is 2.25. The van der Waals surface area contributed by atoms with Crippen molar-refractivity contribution in [3.8, 4) is 5.75 Å². The van der Waals surface area contributed by atoms with Crippen LogP contribution in [-0.4, -0.2) is 47.4 Å². The lowest BCUT2D eigenvalue weighted by Crippen LogP contribution is -2.42. The minimum atomic E-state index is -0.150. The smallest absolute Gasteiger partial charge is 0.321 e. The van der Waals surface area contributed by atoms with Gasteiger partial charge in [0, 0.05) is 73.1 Å².